The first kappa shape index (κ1) is 10.2. The van der Waals surface area contributed by atoms with Crippen LogP contribution in [-0.2, 0) is 9.59 Å². The Morgan fingerprint density at radius 2 is 2.07 bits per heavy atom. The van der Waals surface area contributed by atoms with E-state index in [9.17, 15) is 9.59 Å². The monoisotopic (exact) mass is 193 g/mol. The Morgan fingerprint density at radius 1 is 1.43 bits per heavy atom. The molecule has 1 atom stereocenters. The van der Waals surface area contributed by atoms with E-state index in [-0.39, 0.29) is 6.42 Å². The molecule has 0 bridgehead atoms. The molecule has 1 aromatic rings. The van der Waals surface area contributed by atoms with Gasteiger partial charge in [0.2, 0.25) is 0 Å². The Hall–Kier alpha value is -1.84. The Kier molecular flexibility index (Phi) is 3.67. The molecule has 74 valence electrons. The third-order valence-electron chi connectivity index (χ3n) is 1.74. The number of benzene rings is 1. The molecule has 0 aliphatic heterocycles. The number of nitrogens with one attached hydrogen (secondary N) is 1. The van der Waals surface area contributed by atoms with Gasteiger partial charge in [-0.3, -0.25) is 0 Å². The van der Waals surface area contributed by atoms with E-state index < -0.39 is 12.0 Å². The molecular formula is C10H11NO3. The predicted molar refractivity (Wildman–Crippen MR) is 52.2 cm³/mol. The number of hydrogen-bond donors (Lipinski definition) is 2. The molecule has 1 rings (SSSR count). The van der Waals surface area contributed by atoms with Crippen molar-refractivity contribution in [3.8, 4) is 0 Å². The third-order valence-corrected chi connectivity index (χ3v) is 1.74. The average molecular weight is 193 g/mol. The van der Waals surface area contributed by atoms with Gasteiger partial charge in [0.15, 0.2) is 0 Å². The highest BCUT2D eigenvalue weighted by molar-refractivity contribution is 5.80. The summed E-state index contributed by atoms with van der Waals surface area (Å²) < 4.78 is 0. The Labute approximate surface area is 81.6 Å². The van der Waals surface area contributed by atoms with Crippen LogP contribution in [0, 0.1) is 0 Å². The maximum atomic E-state index is 10.7. The third kappa shape index (κ3) is 2.90. The van der Waals surface area contributed by atoms with Gasteiger partial charge in [0.25, 0.3) is 0 Å². The van der Waals surface area contributed by atoms with E-state index >= 15 is 0 Å². The van der Waals surface area contributed by atoms with Crippen molar-refractivity contribution in [1.82, 2.24) is 0 Å². The number of para-hydroxylation sites is 1. The molecule has 0 amide bonds. The Morgan fingerprint density at radius 3 is 2.57 bits per heavy atom. The van der Waals surface area contributed by atoms with Crippen molar-refractivity contribution in [2.24, 2.45) is 0 Å². The zero-order chi connectivity index (χ0) is 10.4. The quantitative estimate of drug-likeness (QED) is 0.688. The highest BCUT2D eigenvalue weighted by Crippen LogP contribution is 2.08. The van der Waals surface area contributed by atoms with Gasteiger partial charge in [0.1, 0.15) is 12.3 Å². The summed E-state index contributed by atoms with van der Waals surface area (Å²) >= 11 is 0. The molecule has 0 radical (unpaired) electrons. The van der Waals surface area contributed by atoms with Gasteiger partial charge in [-0.2, -0.15) is 0 Å². The number of carboxylic acids is 1. The van der Waals surface area contributed by atoms with Crippen LogP contribution in [0.15, 0.2) is 30.3 Å². The van der Waals surface area contributed by atoms with E-state index in [1.54, 1.807) is 24.3 Å². The topological polar surface area (TPSA) is 66.4 Å². The van der Waals surface area contributed by atoms with Crippen LogP contribution in [0.3, 0.4) is 0 Å². The number of carbonyl (C=O) groups excluding carboxylic acids is 1. The molecular weight excluding hydrogens is 182 g/mol. The first-order valence-electron chi connectivity index (χ1n) is 4.22. The number of rotatable bonds is 5. The van der Waals surface area contributed by atoms with Crippen LogP contribution >= 0.6 is 0 Å². The minimum atomic E-state index is -1.03. The van der Waals surface area contributed by atoms with Crippen molar-refractivity contribution in [1.29, 1.82) is 0 Å². The van der Waals surface area contributed by atoms with Gasteiger partial charge in [0.05, 0.1) is 0 Å². The number of carbonyl (C=O) groups is 2. The zero-order valence-electron chi connectivity index (χ0n) is 7.51. The smallest absolute Gasteiger partial charge is 0.326 e. The summed E-state index contributed by atoms with van der Waals surface area (Å²) in [6.45, 7) is 0. The lowest BCUT2D eigenvalue weighted by molar-refractivity contribution is -0.138. The summed E-state index contributed by atoms with van der Waals surface area (Å²) in [6.07, 6.45) is 0.555. The molecule has 0 aliphatic carbocycles. The van der Waals surface area contributed by atoms with Gasteiger partial charge in [-0.15, -0.1) is 0 Å². The second-order valence-electron chi connectivity index (χ2n) is 2.80. The molecule has 1 unspecified atom stereocenters. The maximum absolute atomic E-state index is 10.7. The van der Waals surface area contributed by atoms with Crippen molar-refractivity contribution in [2.45, 2.75) is 12.5 Å². The fourth-order valence-corrected chi connectivity index (χ4v) is 1.05. The van der Waals surface area contributed by atoms with Gasteiger partial charge in [-0.05, 0) is 12.1 Å². The van der Waals surface area contributed by atoms with E-state index in [2.05, 4.69) is 5.32 Å². The maximum Gasteiger partial charge on any atom is 0.326 e. The van der Waals surface area contributed by atoms with Gasteiger partial charge in [-0.25, -0.2) is 4.79 Å². The highest BCUT2D eigenvalue weighted by Gasteiger charge is 2.15. The van der Waals surface area contributed by atoms with Crippen molar-refractivity contribution in [3.05, 3.63) is 30.3 Å². The van der Waals surface area contributed by atoms with Crippen molar-refractivity contribution < 1.29 is 14.7 Å². The summed E-state index contributed by atoms with van der Waals surface area (Å²) in [6, 6.07) is 8.07. The van der Waals surface area contributed by atoms with Crippen molar-refractivity contribution in [2.75, 3.05) is 5.32 Å². The first-order valence-corrected chi connectivity index (χ1v) is 4.22. The van der Waals surface area contributed by atoms with Crippen LogP contribution in [0.2, 0.25) is 0 Å². The van der Waals surface area contributed by atoms with Gasteiger partial charge < -0.3 is 15.2 Å². The normalized spacial score (nSPS) is 11.7. The number of hydrogen-bond acceptors (Lipinski definition) is 3. The second-order valence-corrected chi connectivity index (χ2v) is 2.80. The van der Waals surface area contributed by atoms with Crippen molar-refractivity contribution >= 4 is 17.9 Å². The molecule has 0 saturated carbocycles. The zero-order valence-corrected chi connectivity index (χ0v) is 7.51. The number of carboxylic acid groups (broad SMARTS) is 1. The lowest BCUT2D eigenvalue weighted by Crippen LogP contribution is -2.29. The van der Waals surface area contributed by atoms with Crippen LogP contribution in [0.4, 0.5) is 5.69 Å². The van der Waals surface area contributed by atoms with E-state index in [0.29, 0.717) is 12.0 Å². The molecule has 0 aliphatic rings. The van der Waals surface area contributed by atoms with Crippen LogP contribution in [0.25, 0.3) is 0 Å². The van der Waals surface area contributed by atoms with Crippen LogP contribution in [0.1, 0.15) is 6.42 Å². The largest absolute Gasteiger partial charge is 0.480 e. The summed E-state index contributed by atoms with van der Waals surface area (Å²) in [5.74, 6) is -1.03. The second kappa shape index (κ2) is 5.01. The fraction of sp³-hybridized carbons (Fsp3) is 0.200. The molecule has 0 fully saturated rings. The lowest BCUT2D eigenvalue weighted by atomic mass is 10.2. The van der Waals surface area contributed by atoms with E-state index in [4.69, 9.17) is 5.11 Å². The summed E-state index contributed by atoms with van der Waals surface area (Å²) in [5.41, 5.74) is 0.696. The lowest BCUT2D eigenvalue weighted by Gasteiger charge is -2.12. The number of aldehydes is 1. The number of aliphatic carboxylic acids is 1. The van der Waals surface area contributed by atoms with Crippen LogP contribution in [-0.4, -0.2) is 23.4 Å². The standard InChI is InChI=1S/C10H11NO3/c12-7-6-9(10(13)14)11-8-4-2-1-3-5-8/h1-5,7,9,11H,6H2,(H,13,14). The van der Waals surface area contributed by atoms with Gasteiger partial charge in [-0.1, -0.05) is 18.2 Å². The Bertz CT molecular complexity index is 310. The molecule has 1 aromatic carbocycles. The molecule has 4 heteroatoms. The van der Waals surface area contributed by atoms with Gasteiger partial charge >= 0.3 is 5.97 Å². The molecule has 0 heterocycles. The summed E-state index contributed by atoms with van der Waals surface area (Å²) in [5, 5.41) is 11.5. The molecule has 0 aromatic heterocycles. The Balaban J connectivity index is 2.64. The van der Waals surface area contributed by atoms with Gasteiger partial charge in [0, 0.05) is 12.1 Å². The molecule has 4 nitrogen and oxygen atoms in total. The predicted octanol–water partition coefficient (Wildman–Crippen LogP) is 1.14. The fourth-order valence-electron chi connectivity index (χ4n) is 1.05. The number of anilines is 1. The van der Waals surface area contributed by atoms with Crippen molar-refractivity contribution in [3.63, 3.8) is 0 Å². The minimum absolute atomic E-state index is 0.0375. The van der Waals surface area contributed by atoms with E-state index in [0.717, 1.165) is 0 Å². The molecule has 2 N–H and O–H groups in total. The summed E-state index contributed by atoms with van der Waals surface area (Å²) in [7, 11) is 0. The first-order chi connectivity index (χ1) is 6.74. The molecule has 0 spiro atoms. The summed E-state index contributed by atoms with van der Waals surface area (Å²) in [4.78, 5) is 20.9. The average Bonchev–Trinajstić information content (AvgIpc) is 2.18. The minimum Gasteiger partial charge on any atom is -0.480 e. The highest BCUT2D eigenvalue weighted by atomic mass is 16.4. The van der Waals surface area contributed by atoms with Crippen LogP contribution < -0.4 is 5.32 Å². The van der Waals surface area contributed by atoms with E-state index in [1.807, 2.05) is 6.07 Å². The molecule has 0 saturated heterocycles. The van der Waals surface area contributed by atoms with E-state index in [1.165, 1.54) is 0 Å². The SMILES string of the molecule is O=CCC(Nc1ccccc1)C(=O)O. The molecule has 14 heavy (non-hydrogen) atoms. The van der Waals surface area contributed by atoms with Crippen LogP contribution in [0.5, 0.6) is 0 Å².